The van der Waals surface area contributed by atoms with E-state index in [9.17, 15) is 4.79 Å². The summed E-state index contributed by atoms with van der Waals surface area (Å²) in [6, 6.07) is 0.371. The molecule has 1 saturated carbocycles. The predicted octanol–water partition coefficient (Wildman–Crippen LogP) is 1.86. The molecule has 0 aromatic rings. The molecule has 0 bridgehead atoms. The van der Waals surface area contributed by atoms with Gasteiger partial charge in [0.2, 0.25) is 5.91 Å². The Morgan fingerprint density at radius 1 is 1.44 bits per heavy atom. The van der Waals surface area contributed by atoms with Crippen LogP contribution in [-0.4, -0.2) is 25.0 Å². The fourth-order valence-electron chi connectivity index (χ4n) is 2.66. The van der Waals surface area contributed by atoms with Crippen LogP contribution in [0, 0.1) is 5.41 Å². The van der Waals surface area contributed by atoms with E-state index in [-0.39, 0.29) is 17.8 Å². The number of rotatable bonds is 3. The number of nitrogens with one attached hydrogen (secondary N) is 2. The van der Waals surface area contributed by atoms with Crippen LogP contribution in [0.4, 0.5) is 0 Å². The fourth-order valence-corrected chi connectivity index (χ4v) is 2.66. The molecule has 4 heteroatoms. The topological polar surface area (TPSA) is 41.1 Å². The molecule has 2 fully saturated rings. The maximum atomic E-state index is 12.1. The zero-order valence-electron chi connectivity index (χ0n) is 10.1. The van der Waals surface area contributed by atoms with Crippen LogP contribution >= 0.6 is 12.4 Å². The van der Waals surface area contributed by atoms with E-state index in [0.29, 0.717) is 11.9 Å². The van der Waals surface area contributed by atoms with Crippen molar-refractivity contribution in [2.45, 2.75) is 51.5 Å². The predicted molar refractivity (Wildman–Crippen MR) is 67.9 cm³/mol. The van der Waals surface area contributed by atoms with Crippen molar-refractivity contribution in [3.63, 3.8) is 0 Å². The average Bonchev–Trinajstić information content (AvgIpc) is 2.18. The molecule has 0 aromatic heterocycles. The van der Waals surface area contributed by atoms with Gasteiger partial charge in [-0.25, -0.2) is 0 Å². The first kappa shape index (κ1) is 13.8. The van der Waals surface area contributed by atoms with E-state index in [1.54, 1.807) is 0 Å². The number of halogens is 1. The van der Waals surface area contributed by atoms with E-state index in [0.717, 1.165) is 38.8 Å². The molecule has 2 N–H and O–H groups in total. The van der Waals surface area contributed by atoms with Crippen molar-refractivity contribution in [2.24, 2.45) is 5.41 Å². The number of hydrogen-bond acceptors (Lipinski definition) is 2. The molecule has 1 atom stereocenters. The van der Waals surface area contributed by atoms with Gasteiger partial charge in [-0.15, -0.1) is 12.4 Å². The monoisotopic (exact) mass is 246 g/mol. The third-order valence-electron chi connectivity index (χ3n) is 4.10. The molecule has 1 amide bonds. The van der Waals surface area contributed by atoms with E-state index in [4.69, 9.17) is 0 Å². The zero-order chi connectivity index (χ0) is 10.7. The van der Waals surface area contributed by atoms with Gasteiger partial charge in [-0.3, -0.25) is 4.79 Å². The number of carbonyl (C=O) groups excluding carboxylic acids is 1. The Morgan fingerprint density at radius 2 is 2.19 bits per heavy atom. The van der Waals surface area contributed by atoms with Crippen molar-refractivity contribution in [1.82, 2.24) is 10.6 Å². The van der Waals surface area contributed by atoms with E-state index < -0.39 is 0 Å². The lowest BCUT2D eigenvalue weighted by molar-refractivity contribution is -0.137. The summed E-state index contributed by atoms with van der Waals surface area (Å²) in [5.41, 5.74) is -0.00253. The van der Waals surface area contributed by atoms with Gasteiger partial charge < -0.3 is 10.6 Å². The van der Waals surface area contributed by atoms with E-state index in [1.165, 1.54) is 12.8 Å². The Kier molecular flexibility index (Phi) is 5.06. The zero-order valence-corrected chi connectivity index (χ0v) is 10.9. The molecular formula is C12H23ClN2O. The second-order valence-corrected chi connectivity index (χ2v) is 5.00. The maximum Gasteiger partial charge on any atom is 0.226 e. The first-order valence-electron chi connectivity index (χ1n) is 6.28. The Bertz CT molecular complexity index is 230. The van der Waals surface area contributed by atoms with Crippen LogP contribution in [0.2, 0.25) is 0 Å². The van der Waals surface area contributed by atoms with Gasteiger partial charge in [-0.1, -0.05) is 13.3 Å². The molecule has 1 saturated heterocycles. The maximum absolute atomic E-state index is 12.1. The molecule has 1 aliphatic carbocycles. The van der Waals surface area contributed by atoms with Gasteiger partial charge in [-0.05, 0) is 38.6 Å². The minimum atomic E-state index is -0.00253. The highest BCUT2D eigenvalue weighted by Crippen LogP contribution is 2.44. The number of amides is 1. The van der Waals surface area contributed by atoms with Crippen LogP contribution < -0.4 is 10.6 Å². The molecule has 1 aliphatic heterocycles. The Hall–Kier alpha value is -0.280. The largest absolute Gasteiger partial charge is 0.352 e. The highest BCUT2D eigenvalue weighted by molar-refractivity contribution is 5.85. The molecule has 3 nitrogen and oxygen atoms in total. The SMILES string of the molecule is CCC1(C(=O)NC2CCCNC2)CCC1.Cl. The van der Waals surface area contributed by atoms with Crippen LogP contribution in [0.3, 0.4) is 0 Å². The molecule has 0 aromatic carbocycles. The molecule has 2 rings (SSSR count). The smallest absolute Gasteiger partial charge is 0.226 e. The van der Waals surface area contributed by atoms with E-state index in [2.05, 4.69) is 17.6 Å². The highest BCUT2D eigenvalue weighted by atomic mass is 35.5. The van der Waals surface area contributed by atoms with Gasteiger partial charge in [-0.2, -0.15) is 0 Å². The van der Waals surface area contributed by atoms with Gasteiger partial charge in [0.05, 0.1) is 0 Å². The lowest BCUT2D eigenvalue weighted by Gasteiger charge is -2.41. The molecule has 1 heterocycles. The standard InChI is InChI=1S/C12H22N2O.ClH/c1-2-12(6-4-7-12)11(15)14-10-5-3-8-13-9-10;/h10,13H,2-9H2,1H3,(H,14,15);1H. The molecule has 0 spiro atoms. The van der Waals surface area contributed by atoms with Gasteiger partial charge >= 0.3 is 0 Å². The van der Waals surface area contributed by atoms with Gasteiger partial charge in [0.15, 0.2) is 0 Å². The lowest BCUT2D eigenvalue weighted by Crippen LogP contribution is -2.52. The number of piperidine rings is 1. The van der Waals surface area contributed by atoms with E-state index in [1.807, 2.05) is 0 Å². The highest BCUT2D eigenvalue weighted by Gasteiger charge is 2.42. The minimum absolute atomic E-state index is 0. The van der Waals surface area contributed by atoms with E-state index >= 15 is 0 Å². The second kappa shape index (κ2) is 5.87. The summed E-state index contributed by atoms with van der Waals surface area (Å²) in [6.07, 6.45) is 6.73. The Balaban J connectivity index is 0.00000128. The van der Waals surface area contributed by atoms with Crippen molar-refractivity contribution in [1.29, 1.82) is 0 Å². The molecular weight excluding hydrogens is 224 g/mol. The fraction of sp³-hybridized carbons (Fsp3) is 0.917. The van der Waals surface area contributed by atoms with Crippen LogP contribution in [0.15, 0.2) is 0 Å². The number of hydrogen-bond donors (Lipinski definition) is 2. The van der Waals surface area contributed by atoms with Gasteiger partial charge in [0.25, 0.3) is 0 Å². The van der Waals surface area contributed by atoms with Crippen LogP contribution in [0.25, 0.3) is 0 Å². The minimum Gasteiger partial charge on any atom is -0.352 e. The number of carbonyl (C=O) groups is 1. The summed E-state index contributed by atoms with van der Waals surface area (Å²) in [4.78, 5) is 12.1. The Labute approximate surface area is 104 Å². The third kappa shape index (κ3) is 2.69. The van der Waals surface area contributed by atoms with Crippen molar-refractivity contribution in [3.8, 4) is 0 Å². The summed E-state index contributed by atoms with van der Waals surface area (Å²) in [5.74, 6) is 0.310. The molecule has 1 unspecified atom stereocenters. The van der Waals surface area contributed by atoms with Crippen molar-refractivity contribution in [3.05, 3.63) is 0 Å². The second-order valence-electron chi connectivity index (χ2n) is 5.00. The quantitative estimate of drug-likeness (QED) is 0.798. The van der Waals surface area contributed by atoms with Crippen LogP contribution in [-0.2, 0) is 4.79 Å². The van der Waals surface area contributed by atoms with Crippen LogP contribution in [0.1, 0.15) is 45.4 Å². The molecule has 2 aliphatic rings. The summed E-state index contributed by atoms with van der Waals surface area (Å²) >= 11 is 0. The van der Waals surface area contributed by atoms with Gasteiger partial charge in [0, 0.05) is 18.0 Å². The summed E-state index contributed by atoms with van der Waals surface area (Å²) in [5, 5.41) is 6.54. The molecule has 16 heavy (non-hydrogen) atoms. The van der Waals surface area contributed by atoms with Crippen molar-refractivity contribution in [2.75, 3.05) is 13.1 Å². The summed E-state index contributed by atoms with van der Waals surface area (Å²) in [6.45, 7) is 4.19. The van der Waals surface area contributed by atoms with Crippen molar-refractivity contribution < 1.29 is 4.79 Å². The first-order chi connectivity index (χ1) is 7.27. The van der Waals surface area contributed by atoms with Crippen molar-refractivity contribution >= 4 is 18.3 Å². The average molecular weight is 247 g/mol. The summed E-state index contributed by atoms with van der Waals surface area (Å²) in [7, 11) is 0. The molecule has 0 radical (unpaired) electrons. The summed E-state index contributed by atoms with van der Waals surface area (Å²) < 4.78 is 0. The third-order valence-corrected chi connectivity index (χ3v) is 4.10. The molecule has 94 valence electrons. The Morgan fingerprint density at radius 3 is 2.62 bits per heavy atom. The first-order valence-corrected chi connectivity index (χ1v) is 6.28. The normalized spacial score (nSPS) is 27.4. The lowest BCUT2D eigenvalue weighted by atomic mass is 9.66. The van der Waals surface area contributed by atoms with Crippen LogP contribution in [0.5, 0.6) is 0 Å². The van der Waals surface area contributed by atoms with Gasteiger partial charge in [0.1, 0.15) is 0 Å².